The van der Waals surface area contributed by atoms with Crippen LogP contribution in [0.15, 0.2) is 42.5 Å². The molecule has 2 aromatic rings. The molecular weight excluding hydrogens is 253 g/mol. The number of hydrogen-bond donors (Lipinski definition) is 1. The summed E-state index contributed by atoms with van der Waals surface area (Å²) in [6.07, 6.45) is 0.484. The Morgan fingerprint density at radius 3 is 2.70 bits per heavy atom. The van der Waals surface area contributed by atoms with Crippen LogP contribution in [0, 0.1) is 12.7 Å². The molecular formula is C17H18FNO. The molecule has 1 aliphatic heterocycles. The average Bonchev–Trinajstić information content (AvgIpc) is 2.46. The molecule has 0 fully saturated rings. The Kier molecular flexibility index (Phi) is 3.45. The lowest BCUT2D eigenvalue weighted by Gasteiger charge is -2.32. The molecule has 0 saturated carbocycles. The molecule has 2 aromatic carbocycles. The molecule has 2 nitrogen and oxygen atoms in total. The highest BCUT2D eigenvalue weighted by Crippen LogP contribution is 2.41. The van der Waals surface area contributed by atoms with Crippen LogP contribution in [0.25, 0.3) is 0 Å². The summed E-state index contributed by atoms with van der Waals surface area (Å²) < 4.78 is 20.0. The van der Waals surface area contributed by atoms with Crippen LogP contribution in [0.1, 0.15) is 35.3 Å². The van der Waals surface area contributed by atoms with Crippen LogP contribution in [0.4, 0.5) is 4.39 Å². The summed E-state index contributed by atoms with van der Waals surface area (Å²) >= 11 is 0. The van der Waals surface area contributed by atoms with Crippen molar-refractivity contribution in [2.45, 2.75) is 25.5 Å². The average molecular weight is 271 g/mol. The fourth-order valence-corrected chi connectivity index (χ4v) is 2.79. The van der Waals surface area contributed by atoms with Crippen LogP contribution < -0.4 is 10.1 Å². The molecule has 104 valence electrons. The second-order valence-corrected chi connectivity index (χ2v) is 5.25. The molecule has 0 aromatic heterocycles. The summed E-state index contributed by atoms with van der Waals surface area (Å²) in [7, 11) is 1.93. The van der Waals surface area contributed by atoms with E-state index in [-0.39, 0.29) is 18.0 Å². The van der Waals surface area contributed by atoms with Gasteiger partial charge in [-0.3, -0.25) is 0 Å². The Morgan fingerprint density at radius 1 is 1.15 bits per heavy atom. The number of hydrogen-bond acceptors (Lipinski definition) is 2. The number of ether oxygens (including phenoxy) is 1. The van der Waals surface area contributed by atoms with Crippen molar-refractivity contribution in [3.8, 4) is 5.75 Å². The fourth-order valence-electron chi connectivity index (χ4n) is 2.79. The van der Waals surface area contributed by atoms with Gasteiger partial charge in [0.2, 0.25) is 0 Å². The monoisotopic (exact) mass is 271 g/mol. The number of fused-ring (bicyclic) bond motifs is 1. The Hall–Kier alpha value is -1.87. The predicted octanol–water partition coefficient (Wildman–Crippen LogP) is 3.92. The minimum Gasteiger partial charge on any atom is -0.485 e. The van der Waals surface area contributed by atoms with E-state index in [1.165, 1.54) is 11.6 Å². The first kappa shape index (κ1) is 13.1. The molecule has 0 aliphatic carbocycles. The first-order valence-corrected chi connectivity index (χ1v) is 6.88. The van der Waals surface area contributed by atoms with E-state index in [4.69, 9.17) is 4.74 Å². The molecule has 2 unspecified atom stereocenters. The van der Waals surface area contributed by atoms with Crippen molar-refractivity contribution in [1.82, 2.24) is 5.32 Å². The predicted molar refractivity (Wildman–Crippen MR) is 77.4 cm³/mol. The van der Waals surface area contributed by atoms with Crippen molar-refractivity contribution in [2.24, 2.45) is 0 Å². The molecule has 1 aliphatic rings. The van der Waals surface area contributed by atoms with Crippen molar-refractivity contribution in [3.05, 3.63) is 65.0 Å². The van der Waals surface area contributed by atoms with E-state index in [9.17, 15) is 4.39 Å². The van der Waals surface area contributed by atoms with Gasteiger partial charge in [0, 0.05) is 23.6 Å². The van der Waals surface area contributed by atoms with Crippen LogP contribution in [0.5, 0.6) is 5.75 Å². The molecule has 0 radical (unpaired) electrons. The number of nitrogens with one attached hydrogen (secondary N) is 1. The minimum atomic E-state index is -0.246. The standard InChI is InChI=1S/C17H18FNO/c1-11-7-8-16-13(9-11)15(19-2)10-17(20-16)12-5-3-4-6-14(12)18/h3-9,15,17,19H,10H2,1-2H3. The maximum atomic E-state index is 13.9. The Bertz CT molecular complexity index is 626. The van der Waals surface area contributed by atoms with Gasteiger partial charge in [-0.15, -0.1) is 0 Å². The van der Waals surface area contributed by atoms with Gasteiger partial charge in [-0.25, -0.2) is 4.39 Å². The first-order chi connectivity index (χ1) is 9.69. The summed E-state index contributed by atoms with van der Waals surface area (Å²) in [5, 5.41) is 3.30. The van der Waals surface area contributed by atoms with Gasteiger partial charge in [0.1, 0.15) is 17.7 Å². The van der Waals surface area contributed by atoms with Gasteiger partial charge < -0.3 is 10.1 Å². The lowest BCUT2D eigenvalue weighted by Crippen LogP contribution is -2.27. The van der Waals surface area contributed by atoms with E-state index in [1.54, 1.807) is 12.1 Å². The van der Waals surface area contributed by atoms with Gasteiger partial charge in [-0.05, 0) is 26.1 Å². The van der Waals surface area contributed by atoms with Crippen molar-refractivity contribution in [3.63, 3.8) is 0 Å². The van der Waals surface area contributed by atoms with Gasteiger partial charge in [-0.1, -0.05) is 35.9 Å². The topological polar surface area (TPSA) is 21.3 Å². The van der Waals surface area contributed by atoms with Crippen LogP contribution in [0.3, 0.4) is 0 Å². The maximum absolute atomic E-state index is 13.9. The molecule has 1 N–H and O–H groups in total. The summed E-state index contributed by atoms with van der Waals surface area (Å²) in [4.78, 5) is 0. The van der Waals surface area contributed by atoms with Crippen molar-refractivity contribution in [2.75, 3.05) is 7.05 Å². The van der Waals surface area contributed by atoms with Gasteiger partial charge in [0.15, 0.2) is 0 Å². The van der Waals surface area contributed by atoms with E-state index in [0.29, 0.717) is 5.56 Å². The smallest absolute Gasteiger partial charge is 0.130 e. The SMILES string of the molecule is CNC1CC(c2ccccc2F)Oc2ccc(C)cc21. The number of halogens is 1. The van der Waals surface area contributed by atoms with E-state index < -0.39 is 0 Å². The number of rotatable bonds is 2. The van der Waals surface area contributed by atoms with Gasteiger partial charge in [0.25, 0.3) is 0 Å². The highest BCUT2D eigenvalue weighted by Gasteiger charge is 2.29. The van der Waals surface area contributed by atoms with Crippen molar-refractivity contribution < 1.29 is 9.13 Å². The number of benzene rings is 2. The Morgan fingerprint density at radius 2 is 1.95 bits per heavy atom. The van der Waals surface area contributed by atoms with Gasteiger partial charge in [-0.2, -0.15) is 0 Å². The third-order valence-corrected chi connectivity index (χ3v) is 3.86. The molecule has 3 heteroatoms. The molecule has 0 amide bonds. The molecule has 3 rings (SSSR count). The normalized spacial score (nSPS) is 21.1. The zero-order valence-electron chi connectivity index (χ0n) is 11.7. The Labute approximate surface area is 118 Å². The zero-order chi connectivity index (χ0) is 14.1. The molecule has 0 bridgehead atoms. The largest absolute Gasteiger partial charge is 0.485 e. The lowest BCUT2D eigenvalue weighted by molar-refractivity contribution is 0.150. The summed E-state index contributed by atoms with van der Waals surface area (Å²) in [5.74, 6) is 0.636. The van der Waals surface area contributed by atoms with Crippen LogP contribution in [0.2, 0.25) is 0 Å². The molecule has 20 heavy (non-hydrogen) atoms. The lowest BCUT2D eigenvalue weighted by atomic mass is 9.92. The molecule has 0 saturated heterocycles. The number of aryl methyl sites for hydroxylation is 1. The van der Waals surface area contributed by atoms with Crippen LogP contribution >= 0.6 is 0 Å². The third kappa shape index (κ3) is 2.29. The Balaban J connectivity index is 1.99. The van der Waals surface area contributed by atoms with Crippen molar-refractivity contribution >= 4 is 0 Å². The highest BCUT2D eigenvalue weighted by molar-refractivity contribution is 5.42. The minimum absolute atomic E-state index is 0.184. The molecule has 2 atom stereocenters. The second kappa shape index (κ2) is 5.25. The van der Waals surface area contributed by atoms with E-state index in [2.05, 4.69) is 18.3 Å². The van der Waals surface area contributed by atoms with E-state index >= 15 is 0 Å². The third-order valence-electron chi connectivity index (χ3n) is 3.86. The quantitative estimate of drug-likeness (QED) is 0.894. The van der Waals surface area contributed by atoms with E-state index in [1.807, 2.05) is 25.2 Å². The molecule has 1 heterocycles. The highest BCUT2D eigenvalue weighted by atomic mass is 19.1. The van der Waals surface area contributed by atoms with Gasteiger partial charge in [0.05, 0.1) is 0 Å². The van der Waals surface area contributed by atoms with Crippen molar-refractivity contribution in [1.29, 1.82) is 0 Å². The second-order valence-electron chi connectivity index (χ2n) is 5.25. The maximum Gasteiger partial charge on any atom is 0.130 e. The first-order valence-electron chi connectivity index (χ1n) is 6.88. The van der Waals surface area contributed by atoms with Crippen LogP contribution in [-0.4, -0.2) is 7.05 Å². The molecule has 0 spiro atoms. The zero-order valence-corrected chi connectivity index (χ0v) is 11.7. The van der Waals surface area contributed by atoms with Crippen LogP contribution in [-0.2, 0) is 0 Å². The fraction of sp³-hybridized carbons (Fsp3) is 0.294. The summed E-state index contributed by atoms with van der Waals surface area (Å²) in [6.45, 7) is 2.07. The van der Waals surface area contributed by atoms with E-state index in [0.717, 1.165) is 17.7 Å². The summed E-state index contributed by atoms with van der Waals surface area (Å²) in [6, 6.07) is 13.1. The van der Waals surface area contributed by atoms with Gasteiger partial charge >= 0.3 is 0 Å². The summed E-state index contributed by atoms with van der Waals surface area (Å²) in [5.41, 5.74) is 2.98.